The predicted molar refractivity (Wildman–Crippen MR) is 84.5 cm³/mol. The molecular formula is C16H20FN3O2. The SMILES string of the molecule is CC(C)N(C)c1ccc(NC(=O)NCc2ccco2)cc1F. The first-order valence-electron chi connectivity index (χ1n) is 7.07. The predicted octanol–water partition coefficient (Wildman–Crippen LogP) is 3.59. The fourth-order valence-corrected chi connectivity index (χ4v) is 1.90. The summed E-state index contributed by atoms with van der Waals surface area (Å²) in [6, 6.07) is 7.90. The van der Waals surface area contributed by atoms with Gasteiger partial charge in [0.2, 0.25) is 0 Å². The molecule has 0 bridgehead atoms. The van der Waals surface area contributed by atoms with Crippen molar-refractivity contribution in [1.29, 1.82) is 0 Å². The van der Waals surface area contributed by atoms with Gasteiger partial charge in [0.1, 0.15) is 11.6 Å². The van der Waals surface area contributed by atoms with E-state index in [1.807, 2.05) is 25.8 Å². The molecule has 1 aromatic heterocycles. The summed E-state index contributed by atoms with van der Waals surface area (Å²) in [6.45, 7) is 4.23. The van der Waals surface area contributed by atoms with Crippen LogP contribution < -0.4 is 15.5 Å². The van der Waals surface area contributed by atoms with Gasteiger partial charge in [-0.05, 0) is 44.2 Å². The Kier molecular flexibility index (Phi) is 5.04. The number of urea groups is 1. The third kappa shape index (κ3) is 4.00. The smallest absolute Gasteiger partial charge is 0.319 e. The number of rotatable bonds is 5. The van der Waals surface area contributed by atoms with Gasteiger partial charge in [0.15, 0.2) is 0 Å². The Balaban J connectivity index is 1.95. The van der Waals surface area contributed by atoms with Crippen LogP contribution in [-0.2, 0) is 6.54 Å². The Morgan fingerprint density at radius 2 is 2.14 bits per heavy atom. The Hall–Kier alpha value is -2.50. The van der Waals surface area contributed by atoms with Gasteiger partial charge >= 0.3 is 6.03 Å². The van der Waals surface area contributed by atoms with Gasteiger partial charge < -0.3 is 20.0 Å². The minimum atomic E-state index is -0.416. The van der Waals surface area contributed by atoms with Crippen LogP contribution in [-0.4, -0.2) is 19.1 Å². The zero-order valence-electron chi connectivity index (χ0n) is 12.9. The van der Waals surface area contributed by atoms with Gasteiger partial charge in [0.25, 0.3) is 0 Å². The molecule has 2 rings (SSSR count). The van der Waals surface area contributed by atoms with Crippen LogP contribution >= 0.6 is 0 Å². The van der Waals surface area contributed by atoms with Gasteiger partial charge in [-0.25, -0.2) is 9.18 Å². The first-order valence-corrected chi connectivity index (χ1v) is 7.07. The van der Waals surface area contributed by atoms with Crippen molar-refractivity contribution in [2.75, 3.05) is 17.3 Å². The lowest BCUT2D eigenvalue weighted by Crippen LogP contribution is -2.28. The molecule has 0 unspecified atom stereocenters. The zero-order valence-corrected chi connectivity index (χ0v) is 12.9. The molecule has 118 valence electrons. The number of furan rings is 1. The molecule has 6 heteroatoms. The van der Waals surface area contributed by atoms with Crippen molar-refractivity contribution < 1.29 is 13.6 Å². The zero-order chi connectivity index (χ0) is 16.1. The van der Waals surface area contributed by atoms with Crippen LogP contribution in [0.25, 0.3) is 0 Å². The molecule has 2 aromatic rings. The summed E-state index contributed by atoms with van der Waals surface area (Å²) in [4.78, 5) is 13.6. The van der Waals surface area contributed by atoms with Crippen molar-refractivity contribution in [1.82, 2.24) is 5.32 Å². The number of nitrogens with one attached hydrogen (secondary N) is 2. The van der Waals surface area contributed by atoms with Crippen LogP contribution in [0, 0.1) is 5.82 Å². The highest BCUT2D eigenvalue weighted by Gasteiger charge is 2.12. The first-order chi connectivity index (χ1) is 10.5. The van der Waals surface area contributed by atoms with Crippen LogP contribution in [0.3, 0.4) is 0 Å². The quantitative estimate of drug-likeness (QED) is 0.887. The molecule has 1 heterocycles. The van der Waals surface area contributed by atoms with Gasteiger partial charge in [-0.3, -0.25) is 0 Å². The number of carbonyl (C=O) groups is 1. The van der Waals surface area contributed by atoms with E-state index in [0.717, 1.165) is 0 Å². The summed E-state index contributed by atoms with van der Waals surface area (Å²) in [6.07, 6.45) is 1.54. The van der Waals surface area contributed by atoms with Gasteiger partial charge in [0, 0.05) is 18.8 Å². The highest BCUT2D eigenvalue weighted by atomic mass is 19.1. The molecule has 1 aromatic carbocycles. The molecule has 0 aliphatic heterocycles. The average Bonchev–Trinajstić information content (AvgIpc) is 2.98. The second-order valence-electron chi connectivity index (χ2n) is 5.26. The fourth-order valence-electron chi connectivity index (χ4n) is 1.90. The standard InChI is InChI=1S/C16H20FN3O2/c1-11(2)20(3)15-7-6-12(9-14(15)17)19-16(21)18-10-13-5-4-8-22-13/h4-9,11H,10H2,1-3H3,(H2,18,19,21). The molecule has 0 saturated heterocycles. The van der Waals surface area contributed by atoms with Crippen LogP contribution in [0.15, 0.2) is 41.0 Å². The molecule has 0 fully saturated rings. The van der Waals surface area contributed by atoms with Crippen molar-refractivity contribution in [3.05, 3.63) is 48.2 Å². The van der Waals surface area contributed by atoms with Crippen LogP contribution in [0.1, 0.15) is 19.6 Å². The lowest BCUT2D eigenvalue weighted by molar-refractivity contribution is 0.251. The third-order valence-electron chi connectivity index (χ3n) is 3.36. The van der Waals surface area contributed by atoms with Gasteiger partial charge in [-0.2, -0.15) is 0 Å². The fraction of sp³-hybridized carbons (Fsp3) is 0.312. The van der Waals surface area contributed by atoms with E-state index in [1.165, 1.54) is 12.3 Å². The van der Waals surface area contributed by atoms with E-state index in [9.17, 15) is 9.18 Å². The number of hydrogen-bond donors (Lipinski definition) is 2. The third-order valence-corrected chi connectivity index (χ3v) is 3.36. The molecule has 2 amide bonds. The number of benzene rings is 1. The molecule has 2 N–H and O–H groups in total. The van der Waals surface area contributed by atoms with E-state index < -0.39 is 6.03 Å². The maximum absolute atomic E-state index is 14.1. The molecule has 0 aliphatic rings. The van der Waals surface area contributed by atoms with E-state index in [2.05, 4.69) is 10.6 Å². The largest absolute Gasteiger partial charge is 0.467 e. The molecule has 0 atom stereocenters. The summed E-state index contributed by atoms with van der Waals surface area (Å²) in [5.41, 5.74) is 0.895. The Morgan fingerprint density at radius 1 is 1.36 bits per heavy atom. The molecule has 0 aliphatic carbocycles. The van der Waals surface area contributed by atoms with Crippen molar-refractivity contribution in [3.63, 3.8) is 0 Å². The number of hydrogen-bond acceptors (Lipinski definition) is 3. The van der Waals surface area contributed by atoms with Gasteiger partial charge in [-0.1, -0.05) is 0 Å². The highest BCUT2D eigenvalue weighted by Crippen LogP contribution is 2.23. The Labute approximate surface area is 129 Å². The molecule has 0 spiro atoms. The number of nitrogens with zero attached hydrogens (tertiary/aromatic N) is 1. The molecule has 5 nitrogen and oxygen atoms in total. The van der Waals surface area contributed by atoms with Gasteiger partial charge in [-0.15, -0.1) is 0 Å². The topological polar surface area (TPSA) is 57.5 Å². The minimum absolute atomic E-state index is 0.185. The average molecular weight is 305 g/mol. The lowest BCUT2D eigenvalue weighted by Gasteiger charge is -2.24. The number of anilines is 2. The summed E-state index contributed by atoms with van der Waals surface area (Å²) >= 11 is 0. The van der Waals surface area contributed by atoms with Crippen molar-refractivity contribution >= 4 is 17.4 Å². The highest BCUT2D eigenvalue weighted by molar-refractivity contribution is 5.89. The Bertz CT molecular complexity index is 626. The van der Waals surface area contributed by atoms with Gasteiger partial charge in [0.05, 0.1) is 18.5 Å². The minimum Gasteiger partial charge on any atom is -0.467 e. The number of carbonyl (C=O) groups excluding carboxylic acids is 1. The van der Waals surface area contributed by atoms with Crippen molar-refractivity contribution in [2.45, 2.75) is 26.4 Å². The van der Waals surface area contributed by atoms with Crippen LogP contribution in [0.4, 0.5) is 20.6 Å². The Morgan fingerprint density at radius 3 is 2.73 bits per heavy atom. The number of amides is 2. The van der Waals surface area contributed by atoms with E-state index in [-0.39, 0.29) is 18.4 Å². The maximum atomic E-state index is 14.1. The summed E-state index contributed by atoms with van der Waals surface area (Å²) in [7, 11) is 1.83. The molecule has 22 heavy (non-hydrogen) atoms. The molecule has 0 radical (unpaired) electrons. The molecular weight excluding hydrogens is 285 g/mol. The molecule has 0 saturated carbocycles. The number of halogens is 1. The second-order valence-corrected chi connectivity index (χ2v) is 5.26. The second kappa shape index (κ2) is 6.98. The lowest BCUT2D eigenvalue weighted by atomic mass is 10.2. The van der Waals surface area contributed by atoms with E-state index in [1.54, 1.807) is 24.3 Å². The maximum Gasteiger partial charge on any atom is 0.319 e. The first kappa shape index (κ1) is 15.9. The van der Waals surface area contributed by atoms with E-state index in [0.29, 0.717) is 17.1 Å². The van der Waals surface area contributed by atoms with E-state index in [4.69, 9.17) is 4.42 Å². The van der Waals surface area contributed by atoms with Crippen molar-refractivity contribution in [3.8, 4) is 0 Å². The summed E-state index contributed by atoms with van der Waals surface area (Å²) in [5.74, 6) is 0.273. The summed E-state index contributed by atoms with van der Waals surface area (Å²) in [5, 5.41) is 5.22. The van der Waals surface area contributed by atoms with Crippen LogP contribution in [0.5, 0.6) is 0 Å². The normalized spacial score (nSPS) is 10.6. The van der Waals surface area contributed by atoms with Crippen LogP contribution in [0.2, 0.25) is 0 Å². The summed E-state index contributed by atoms with van der Waals surface area (Å²) < 4.78 is 19.2. The monoisotopic (exact) mass is 305 g/mol. The van der Waals surface area contributed by atoms with E-state index >= 15 is 0 Å². The van der Waals surface area contributed by atoms with Crippen molar-refractivity contribution in [2.24, 2.45) is 0 Å².